The highest BCUT2D eigenvalue weighted by molar-refractivity contribution is 6.00. The van der Waals surface area contributed by atoms with Gasteiger partial charge in [0, 0.05) is 27.9 Å². The summed E-state index contributed by atoms with van der Waals surface area (Å²) in [5.74, 6) is 0.217. The zero-order chi connectivity index (χ0) is 27.2. The summed E-state index contributed by atoms with van der Waals surface area (Å²) in [6, 6.07) is 11.8. The molecule has 11 nitrogen and oxygen atoms in total. The van der Waals surface area contributed by atoms with Gasteiger partial charge < -0.3 is 34.9 Å². The molecule has 0 aliphatic carbocycles. The molecule has 0 unspecified atom stereocenters. The normalized spacial score (nSPS) is 16.2. The topological polar surface area (TPSA) is 146 Å². The minimum Gasteiger partial charge on any atom is -0.490 e. The highest BCUT2D eigenvalue weighted by Gasteiger charge is 2.32. The van der Waals surface area contributed by atoms with E-state index in [0.717, 1.165) is 22.2 Å². The lowest BCUT2D eigenvalue weighted by Gasteiger charge is -2.28. The number of carbonyl (C=O) groups is 2. The van der Waals surface area contributed by atoms with Gasteiger partial charge in [-0.2, -0.15) is 5.10 Å². The molecule has 2 amide bonds. The summed E-state index contributed by atoms with van der Waals surface area (Å²) in [6.45, 7) is 5.66. The number of esters is 1. The van der Waals surface area contributed by atoms with E-state index in [2.05, 4.69) is 26.1 Å². The summed E-state index contributed by atoms with van der Waals surface area (Å²) in [4.78, 5) is 27.8. The van der Waals surface area contributed by atoms with E-state index in [1.807, 2.05) is 38.1 Å². The van der Waals surface area contributed by atoms with Gasteiger partial charge in [-0.05, 0) is 44.5 Å². The first-order valence-corrected chi connectivity index (χ1v) is 12.1. The van der Waals surface area contributed by atoms with Crippen LogP contribution < -0.4 is 25.5 Å². The second kappa shape index (κ2) is 11.7. The van der Waals surface area contributed by atoms with Crippen molar-refractivity contribution >= 4 is 29.1 Å². The fourth-order valence-corrected chi connectivity index (χ4v) is 4.27. The number of aromatic nitrogens is 1. The fourth-order valence-electron chi connectivity index (χ4n) is 4.27. The number of nitrogens with zero attached hydrogens (tertiary/aromatic N) is 1. The molecular formula is C27H31N5O6. The lowest BCUT2D eigenvalue weighted by atomic mass is 9.95. The molecule has 0 bridgehead atoms. The Morgan fingerprint density at radius 1 is 1.18 bits per heavy atom. The average molecular weight is 522 g/mol. The van der Waals surface area contributed by atoms with Crippen LogP contribution in [0.15, 0.2) is 58.8 Å². The molecule has 38 heavy (non-hydrogen) atoms. The molecule has 4 rings (SSSR count). The summed E-state index contributed by atoms with van der Waals surface area (Å²) in [6.07, 6.45) is 0.561. The van der Waals surface area contributed by atoms with Gasteiger partial charge in [0.2, 0.25) is 0 Å². The third-order valence-corrected chi connectivity index (χ3v) is 6.03. The van der Waals surface area contributed by atoms with Gasteiger partial charge in [0.25, 0.3) is 0 Å². The number of aryl methyl sites for hydroxylation is 1. The van der Waals surface area contributed by atoms with Crippen molar-refractivity contribution < 1.29 is 28.9 Å². The molecule has 5 N–H and O–H groups in total. The Balaban J connectivity index is 1.45. The number of nitrogens with one attached hydrogen (secondary N) is 4. The summed E-state index contributed by atoms with van der Waals surface area (Å²) in [7, 11) is 1.28. The summed E-state index contributed by atoms with van der Waals surface area (Å²) < 4.78 is 16.4. The molecule has 0 saturated heterocycles. The van der Waals surface area contributed by atoms with Crippen molar-refractivity contribution in [2.24, 2.45) is 5.10 Å². The van der Waals surface area contributed by atoms with Crippen molar-refractivity contribution in [3.63, 3.8) is 0 Å². The van der Waals surface area contributed by atoms with Crippen LogP contribution in [0.25, 0.3) is 10.9 Å². The molecule has 3 aromatic rings. The number of fused-ring (bicyclic) bond motifs is 1. The number of aliphatic hydroxyl groups excluding tert-OH is 1. The largest absolute Gasteiger partial charge is 0.490 e. The average Bonchev–Trinajstić information content (AvgIpc) is 3.22. The number of allylic oxidation sites excluding steroid dienone is 1. The van der Waals surface area contributed by atoms with E-state index in [0.29, 0.717) is 29.4 Å². The van der Waals surface area contributed by atoms with Crippen molar-refractivity contribution in [2.75, 3.05) is 20.3 Å². The Hall–Kier alpha value is -4.51. The van der Waals surface area contributed by atoms with Crippen LogP contribution in [-0.2, 0) is 9.53 Å². The molecule has 1 aromatic heterocycles. The van der Waals surface area contributed by atoms with Crippen LogP contribution >= 0.6 is 0 Å². The lowest BCUT2D eigenvalue weighted by Crippen LogP contribution is -2.45. The van der Waals surface area contributed by atoms with Gasteiger partial charge in [-0.15, -0.1) is 0 Å². The number of aromatic amines is 1. The van der Waals surface area contributed by atoms with Gasteiger partial charge in [-0.3, -0.25) is 5.43 Å². The van der Waals surface area contributed by atoms with Gasteiger partial charge in [-0.25, -0.2) is 9.59 Å². The van der Waals surface area contributed by atoms with Gasteiger partial charge in [0.05, 0.1) is 31.5 Å². The second-order valence-electron chi connectivity index (χ2n) is 8.62. The van der Waals surface area contributed by atoms with E-state index in [1.165, 1.54) is 7.11 Å². The molecule has 200 valence electrons. The van der Waals surface area contributed by atoms with E-state index in [9.17, 15) is 14.7 Å². The number of rotatable bonds is 10. The van der Waals surface area contributed by atoms with Crippen LogP contribution in [0.5, 0.6) is 11.5 Å². The molecule has 0 spiro atoms. The van der Waals surface area contributed by atoms with Crippen LogP contribution in [0, 0.1) is 6.92 Å². The number of hydrazone groups is 1. The van der Waals surface area contributed by atoms with Crippen molar-refractivity contribution in [2.45, 2.75) is 33.0 Å². The maximum absolute atomic E-state index is 12.4. The van der Waals surface area contributed by atoms with Crippen LogP contribution in [0.3, 0.4) is 0 Å². The first-order valence-electron chi connectivity index (χ1n) is 12.1. The number of aliphatic hydroxyl groups is 1. The number of hydrogen-bond donors (Lipinski definition) is 5. The number of hydrogen-bond acceptors (Lipinski definition) is 8. The Bertz CT molecular complexity index is 1400. The molecule has 11 heteroatoms. The van der Waals surface area contributed by atoms with Crippen LogP contribution in [0.1, 0.15) is 36.7 Å². The highest BCUT2D eigenvalue weighted by Crippen LogP contribution is 2.35. The molecule has 2 atom stereocenters. The number of para-hydroxylation sites is 1. The van der Waals surface area contributed by atoms with Crippen molar-refractivity contribution in [3.05, 3.63) is 70.6 Å². The third kappa shape index (κ3) is 5.73. The molecule has 0 saturated carbocycles. The number of ether oxygens (including phenoxy) is 3. The van der Waals surface area contributed by atoms with E-state index in [4.69, 9.17) is 14.2 Å². The quantitative estimate of drug-likeness (QED) is 0.119. The maximum Gasteiger partial charge on any atom is 0.337 e. The van der Waals surface area contributed by atoms with Crippen LogP contribution in [0.2, 0.25) is 0 Å². The van der Waals surface area contributed by atoms with E-state index >= 15 is 0 Å². The number of urea groups is 1. The molecule has 1 aliphatic rings. The predicted octanol–water partition coefficient (Wildman–Crippen LogP) is 3.00. The van der Waals surface area contributed by atoms with Crippen molar-refractivity contribution in [1.29, 1.82) is 0 Å². The van der Waals surface area contributed by atoms with E-state index < -0.39 is 24.3 Å². The van der Waals surface area contributed by atoms with E-state index in [-0.39, 0.29) is 12.2 Å². The molecular weight excluding hydrogens is 490 g/mol. The van der Waals surface area contributed by atoms with Crippen LogP contribution in [-0.4, -0.2) is 54.9 Å². The molecule has 0 fully saturated rings. The van der Waals surface area contributed by atoms with Gasteiger partial charge in [-0.1, -0.05) is 24.3 Å². The number of amides is 2. The van der Waals surface area contributed by atoms with Crippen molar-refractivity contribution in [3.8, 4) is 11.5 Å². The fraction of sp³-hybridized carbons (Fsp3) is 0.296. The monoisotopic (exact) mass is 521 g/mol. The molecule has 1 aliphatic heterocycles. The number of methoxy groups -OCH3 is 1. The molecule has 2 aromatic carbocycles. The number of benzene rings is 2. The third-order valence-electron chi connectivity index (χ3n) is 6.03. The molecule has 0 radical (unpaired) electrons. The Morgan fingerprint density at radius 2 is 1.97 bits per heavy atom. The number of carbonyl (C=O) groups excluding carboxylic acids is 2. The minimum atomic E-state index is -1.09. The smallest absolute Gasteiger partial charge is 0.337 e. The standard InChI is InChI=1S/C27H31N5O6/c1-5-37-22-12-17(25-24(26(34)36-4)16(3)30-27(35)31-25)10-11-21(22)38-14-23(33)32-28-13-19-15(2)29-20-9-7-6-8-18(19)20/h6-13,23,25,29,32-33H,5,14H2,1-4H3,(H2,30,31,35)/b28-13-/t23-,25-/m0/s1. The van der Waals surface area contributed by atoms with Crippen molar-refractivity contribution in [1.82, 2.24) is 21.0 Å². The first-order chi connectivity index (χ1) is 18.3. The Morgan fingerprint density at radius 3 is 2.74 bits per heavy atom. The van der Waals surface area contributed by atoms with Gasteiger partial charge in [0.15, 0.2) is 17.7 Å². The lowest BCUT2D eigenvalue weighted by molar-refractivity contribution is -0.136. The maximum atomic E-state index is 12.4. The molecule has 2 heterocycles. The summed E-state index contributed by atoms with van der Waals surface area (Å²) in [5.41, 5.74) is 6.86. The minimum absolute atomic E-state index is 0.111. The van der Waals surface area contributed by atoms with Gasteiger partial charge >= 0.3 is 12.0 Å². The number of H-pyrrole nitrogens is 1. The van der Waals surface area contributed by atoms with Crippen LogP contribution in [0.4, 0.5) is 4.79 Å². The van der Waals surface area contributed by atoms with Gasteiger partial charge in [0.1, 0.15) is 6.61 Å². The summed E-state index contributed by atoms with van der Waals surface area (Å²) >= 11 is 0. The zero-order valence-electron chi connectivity index (χ0n) is 21.6. The van der Waals surface area contributed by atoms with E-state index in [1.54, 1.807) is 31.3 Å². The highest BCUT2D eigenvalue weighted by atomic mass is 16.5. The summed E-state index contributed by atoms with van der Waals surface area (Å²) in [5, 5.41) is 20.9. The first kappa shape index (κ1) is 26.6. The second-order valence-corrected chi connectivity index (χ2v) is 8.62. The predicted molar refractivity (Wildman–Crippen MR) is 142 cm³/mol. The Labute approximate surface area is 219 Å². The zero-order valence-corrected chi connectivity index (χ0v) is 21.6. The Kier molecular flexibility index (Phi) is 8.17. The SMILES string of the molecule is CCOc1cc([C@@H]2NC(=O)NC(C)=C2C(=O)OC)ccc1OC[C@H](O)N/N=C\c1c(C)[nH]c2ccccc12.